The molecule has 0 spiro atoms. The summed E-state index contributed by atoms with van der Waals surface area (Å²) in [5, 5.41) is 10.5. The molecular formula is C19H17ClFN3O2S. The molecule has 1 amide bonds. The van der Waals surface area contributed by atoms with E-state index < -0.39 is 11.1 Å². The lowest BCUT2D eigenvalue weighted by molar-refractivity contribution is -0.115. The van der Waals surface area contributed by atoms with Gasteiger partial charge in [-0.3, -0.25) is 4.79 Å². The number of rotatable bonds is 5. The second-order valence-electron chi connectivity index (χ2n) is 6.13. The summed E-state index contributed by atoms with van der Waals surface area (Å²) in [5.41, 5.74) is 3.46. The topological polar surface area (TPSA) is 68.0 Å². The van der Waals surface area contributed by atoms with E-state index in [0.29, 0.717) is 16.8 Å². The Hall–Kier alpha value is -2.38. The molecular weight excluding hydrogens is 389 g/mol. The maximum atomic E-state index is 13.2. The number of carbonyl (C=O) groups excluding carboxylic acids is 1. The summed E-state index contributed by atoms with van der Waals surface area (Å²) < 4.78 is 18.9. The summed E-state index contributed by atoms with van der Waals surface area (Å²) in [6.07, 6.45) is 0. The van der Waals surface area contributed by atoms with Crippen molar-refractivity contribution in [1.29, 1.82) is 0 Å². The van der Waals surface area contributed by atoms with Crippen molar-refractivity contribution in [2.75, 3.05) is 5.32 Å². The van der Waals surface area contributed by atoms with Crippen molar-refractivity contribution in [3.8, 4) is 11.5 Å². The van der Waals surface area contributed by atoms with Gasteiger partial charge in [0.15, 0.2) is 0 Å². The molecule has 1 N–H and O–H groups in total. The lowest BCUT2D eigenvalue weighted by atomic mass is 10.1. The van der Waals surface area contributed by atoms with Gasteiger partial charge in [-0.1, -0.05) is 40.6 Å². The molecule has 0 saturated carbocycles. The number of amides is 1. The molecule has 1 heterocycles. The Bertz CT molecular complexity index is 973. The number of hydrogen-bond acceptors (Lipinski definition) is 5. The molecule has 5 nitrogen and oxygen atoms in total. The van der Waals surface area contributed by atoms with Crippen molar-refractivity contribution in [2.45, 2.75) is 31.2 Å². The third-order valence-electron chi connectivity index (χ3n) is 3.71. The van der Waals surface area contributed by atoms with E-state index in [1.54, 1.807) is 6.92 Å². The molecule has 0 aliphatic rings. The average molecular weight is 406 g/mol. The molecule has 3 aromatic rings. The highest BCUT2D eigenvalue weighted by atomic mass is 35.5. The van der Waals surface area contributed by atoms with Gasteiger partial charge in [-0.05, 0) is 51.1 Å². The van der Waals surface area contributed by atoms with Crippen LogP contribution in [0.1, 0.15) is 18.1 Å². The number of anilines is 1. The van der Waals surface area contributed by atoms with Crippen LogP contribution in [0.15, 0.2) is 46.0 Å². The SMILES string of the molecule is Cc1cc(C)cc(-c2nnc(S[C@@H](C)C(=O)Nc3ccc(F)c(Cl)c3)o2)c1. The molecule has 8 heteroatoms. The Balaban J connectivity index is 1.67. The highest BCUT2D eigenvalue weighted by molar-refractivity contribution is 8.00. The summed E-state index contributed by atoms with van der Waals surface area (Å²) >= 11 is 6.87. The number of aryl methyl sites for hydroxylation is 2. The maximum Gasteiger partial charge on any atom is 0.277 e. The van der Waals surface area contributed by atoms with Gasteiger partial charge in [-0.2, -0.15) is 0 Å². The molecule has 0 aliphatic heterocycles. The summed E-state index contributed by atoms with van der Waals surface area (Å²) in [6.45, 7) is 5.71. The van der Waals surface area contributed by atoms with Crippen LogP contribution in [0, 0.1) is 19.7 Å². The largest absolute Gasteiger partial charge is 0.411 e. The van der Waals surface area contributed by atoms with Gasteiger partial charge >= 0.3 is 0 Å². The van der Waals surface area contributed by atoms with Crippen molar-refractivity contribution in [2.24, 2.45) is 0 Å². The van der Waals surface area contributed by atoms with E-state index in [2.05, 4.69) is 21.6 Å². The van der Waals surface area contributed by atoms with Crippen LogP contribution >= 0.6 is 23.4 Å². The molecule has 0 saturated heterocycles. The quantitative estimate of drug-likeness (QED) is 0.586. The first-order valence-electron chi connectivity index (χ1n) is 8.16. The predicted octanol–water partition coefficient (Wildman–Crippen LogP) is 5.27. The Morgan fingerprint density at radius 2 is 1.89 bits per heavy atom. The van der Waals surface area contributed by atoms with Crippen LogP contribution in [0.3, 0.4) is 0 Å². The van der Waals surface area contributed by atoms with Gasteiger partial charge in [0.25, 0.3) is 5.22 Å². The van der Waals surface area contributed by atoms with Gasteiger partial charge in [0.1, 0.15) is 5.82 Å². The van der Waals surface area contributed by atoms with Crippen LogP contribution in [0.5, 0.6) is 0 Å². The van der Waals surface area contributed by atoms with Gasteiger partial charge in [-0.15, -0.1) is 10.2 Å². The Morgan fingerprint density at radius 3 is 2.56 bits per heavy atom. The normalized spacial score (nSPS) is 12.0. The van der Waals surface area contributed by atoms with E-state index in [-0.39, 0.29) is 10.9 Å². The monoisotopic (exact) mass is 405 g/mol. The number of nitrogens with zero attached hydrogens (tertiary/aromatic N) is 2. The number of benzene rings is 2. The van der Waals surface area contributed by atoms with Crippen molar-refractivity contribution < 1.29 is 13.6 Å². The van der Waals surface area contributed by atoms with E-state index in [0.717, 1.165) is 28.5 Å². The number of carbonyl (C=O) groups is 1. The highest BCUT2D eigenvalue weighted by Crippen LogP contribution is 2.28. The minimum atomic E-state index is -0.540. The minimum absolute atomic E-state index is 0.0527. The third kappa shape index (κ3) is 4.87. The van der Waals surface area contributed by atoms with Crippen molar-refractivity contribution >= 4 is 35.0 Å². The van der Waals surface area contributed by atoms with Crippen LogP contribution in [0.4, 0.5) is 10.1 Å². The first-order chi connectivity index (χ1) is 12.8. The standard InChI is InChI=1S/C19H17ClFN3O2S/c1-10-6-11(2)8-13(7-10)18-23-24-19(26-18)27-12(3)17(25)22-14-4-5-16(21)15(20)9-14/h4-9,12H,1-3H3,(H,22,25)/t12-/m0/s1. The summed E-state index contributed by atoms with van der Waals surface area (Å²) in [7, 11) is 0. The van der Waals surface area contributed by atoms with E-state index in [1.165, 1.54) is 18.2 Å². The fraction of sp³-hybridized carbons (Fsp3) is 0.211. The first-order valence-corrected chi connectivity index (χ1v) is 9.42. The van der Waals surface area contributed by atoms with Crippen molar-refractivity contribution in [3.05, 3.63) is 58.4 Å². The molecule has 2 aromatic carbocycles. The minimum Gasteiger partial charge on any atom is -0.411 e. The average Bonchev–Trinajstić information content (AvgIpc) is 3.06. The zero-order valence-corrected chi connectivity index (χ0v) is 16.5. The predicted molar refractivity (Wildman–Crippen MR) is 105 cm³/mol. The fourth-order valence-electron chi connectivity index (χ4n) is 2.49. The molecule has 1 atom stereocenters. The van der Waals surface area contributed by atoms with Gasteiger partial charge < -0.3 is 9.73 Å². The number of nitrogens with one attached hydrogen (secondary N) is 1. The summed E-state index contributed by atoms with van der Waals surface area (Å²) in [4.78, 5) is 12.3. The second kappa shape index (κ2) is 8.10. The number of hydrogen-bond donors (Lipinski definition) is 1. The summed E-state index contributed by atoms with van der Waals surface area (Å²) in [5.74, 6) is -0.419. The van der Waals surface area contributed by atoms with Gasteiger partial charge in [-0.25, -0.2) is 4.39 Å². The first kappa shape index (κ1) is 19.4. The van der Waals surface area contributed by atoms with Crippen LogP contribution < -0.4 is 5.32 Å². The van der Waals surface area contributed by atoms with Crippen molar-refractivity contribution in [3.63, 3.8) is 0 Å². The Labute approximate surface area is 165 Å². The molecule has 3 rings (SSSR count). The molecule has 140 valence electrons. The van der Waals surface area contributed by atoms with Gasteiger partial charge in [0, 0.05) is 11.3 Å². The van der Waals surface area contributed by atoms with E-state index in [4.69, 9.17) is 16.0 Å². The number of halogens is 2. The number of aromatic nitrogens is 2. The van der Waals surface area contributed by atoms with Gasteiger partial charge in [0.2, 0.25) is 11.8 Å². The summed E-state index contributed by atoms with van der Waals surface area (Å²) in [6, 6.07) is 9.98. The molecule has 27 heavy (non-hydrogen) atoms. The van der Waals surface area contributed by atoms with Gasteiger partial charge in [0.05, 0.1) is 10.3 Å². The Kier molecular flexibility index (Phi) is 5.82. The van der Waals surface area contributed by atoms with Crippen LogP contribution in [-0.2, 0) is 4.79 Å². The molecule has 0 fully saturated rings. The fourth-order valence-corrected chi connectivity index (χ4v) is 3.36. The number of thioether (sulfide) groups is 1. The van der Waals surface area contributed by atoms with E-state index >= 15 is 0 Å². The van der Waals surface area contributed by atoms with Crippen LogP contribution in [0.2, 0.25) is 5.02 Å². The zero-order valence-electron chi connectivity index (χ0n) is 14.9. The zero-order chi connectivity index (χ0) is 19.6. The molecule has 0 aliphatic carbocycles. The lowest BCUT2D eigenvalue weighted by Crippen LogP contribution is -2.22. The van der Waals surface area contributed by atoms with Crippen molar-refractivity contribution in [1.82, 2.24) is 10.2 Å². The Morgan fingerprint density at radius 1 is 1.19 bits per heavy atom. The molecule has 0 radical (unpaired) electrons. The second-order valence-corrected chi connectivity index (χ2v) is 7.83. The van der Waals surface area contributed by atoms with Crippen LogP contribution in [-0.4, -0.2) is 21.4 Å². The van der Waals surface area contributed by atoms with E-state index in [9.17, 15) is 9.18 Å². The molecule has 0 unspecified atom stereocenters. The third-order valence-corrected chi connectivity index (χ3v) is 4.93. The molecule has 0 bridgehead atoms. The highest BCUT2D eigenvalue weighted by Gasteiger charge is 2.19. The van der Waals surface area contributed by atoms with Crippen LogP contribution in [0.25, 0.3) is 11.5 Å². The maximum absolute atomic E-state index is 13.2. The van der Waals surface area contributed by atoms with E-state index in [1.807, 2.05) is 26.0 Å². The lowest BCUT2D eigenvalue weighted by Gasteiger charge is -2.10. The smallest absolute Gasteiger partial charge is 0.277 e. The molecule has 1 aromatic heterocycles.